The first-order valence-corrected chi connectivity index (χ1v) is 6.21. The largest absolute Gasteiger partial charge is 0.492 e. The molecule has 2 aromatic rings. The highest BCUT2D eigenvalue weighted by molar-refractivity contribution is 7.12. The van der Waals surface area contributed by atoms with Crippen LogP contribution in [0.2, 0.25) is 0 Å². The maximum absolute atomic E-state index is 11.0. The molecule has 0 aliphatic heterocycles. The van der Waals surface area contributed by atoms with Gasteiger partial charge in [-0.15, -0.1) is 11.3 Å². The standard InChI is InChI=1S/C12H12N2O3S/c1-2-17-9-4-3-7(5-8(9)13)10-11(12(15)16)18-6-14-10/h3-6H,2,13H2,1H3,(H,15,16). The van der Waals surface area contributed by atoms with Gasteiger partial charge in [-0.3, -0.25) is 0 Å². The van der Waals surface area contributed by atoms with Crippen LogP contribution in [0.15, 0.2) is 23.7 Å². The number of carbonyl (C=O) groups is 1. The van der Waals surface area contributed by atoms with E-state index in [4.69, 9.17) is 15.6 Å². The van der Waals surface area contributed by atoms with Crippen molar-refractivity contribution in [3.8, 4) is 17.0 Å². The molecule has 18 heavy (non-hydrogen) atoms. The first kappa shape index (κ1) is 12.4. The summed E-state index contributed by atoms with van der Waals surface area (Å²) in [6.07, 6.45) is 0. The van der Waals surface area contributed by atoms with Crippen LogP contribution in [0.3, 0.4) is 0 Å². The van der Waals surface area contributed by atoms with Gasteiger partial charge in [-0.05, 0) is 25.1 Å². The van der Waals surface area contributed by atoms with Crippen LogP contribution in [-0.2, 0) is 0 Å². The van der Waals surface area contributed by atoms with Crippen LogP contribution in [0.5, 0.6) is 5.75 Å². The zero-order valence-corrected chi connectivity index (χ0v) is 10.5. The number of thiazole rings is 1. The molecule has 0 fully saturated rings. The van der Waals surface area contributed by atoms with E-state index < -0.39 is 5.97 Å². The Kier molecular flexibility index (Phi) is 3.47. The molecule has 94 valence electrons. The molecule has 0 atom stereocenters. The van der Waals surface area contributed by atoms with Crippen molar-refractivity contribution >= 4 is 23.0 Å². The summed E-state index contributed by atoms with van der Waals surface area (Å²) in [7, 11) is 0. The SMILES string of the molecule is CCOc1ccc(-c2ncsc2C(=O)O)cc1N. The van der Waals surface area contributed by atoms with E-state index in [0.717, 1.165) is 11.3 Å². The number of hydrogen-bond donors (Lipinski definition) is 2. The monoisotopic (exact) mass is 264 g/mol. The Bertz CT molecular complexity index is 580. The fourth-order valence-corrected chi connectivity index (χ4v) is 2.23. The molecule has 1 aromatic heterocycles. The average Bonchev–Trinajstić information content (AvgIpc) is 2.81. The number of benzene rings is 1. The van der Waals surface area contributed by atoms with Gasteiger partial charge in [-0.1, -0.05) is 0 Å². The second kappa shape index (κ2) is 5.05. The van der Waals surface area contributed by atoms with Gasteiger partial charge in [0.1, 0.15) is 10.6 Å². The number of hydrogen-bond acceptors (Lipinski definition) is 5. The van der Waals surface area contributed by atoms with Crippen molar-refractivity contribution in [2.75, 3.05) is 12.3 Å². The Morgan fingerprint density at radius 2 is 2.33 bits per heavy atom. The first-order chi connectivity index (χ1) is 8.63. The second-order valence-corrected chi connectivity index (χ2v) is 4.38. The van der Waals surface area contributed by atoms with Gasteiger partial charge in [-0.2, -0.15) is 0 Å². The lowest BCUT2D eigenvalue weighted by Crippen LogP contribution is -1.99. The molecule has 0 saturated carbocycles. The molecule has 0 saturated heterocycles. The summed E-state index contributed by atoms with van der Waals surface area (Å²) >= 11 is 1.09. The maximum atomic E-state index is 11.0. The fourth-order valence-electron chi connectivity index (χ4n) is 1.59. The molecule has 0 aliphatic carbocycles. The molecule has 6 heteroatoms. The van der Waals surface area contributed by atoms with Gasteiger partial charge >= 0.3 is 5.97 Å². The molecule has 0 radical (unpaired) electrons. The van der Waals surface area contributed by atoms with Crippen LogP contribution < -0.4 is 10.5 Å². The van der Waals surface area contributed by atoms with E-state index in [9.17, 15) is 4.79 Å². The molecule has 1 aromatic carbocycles. The van der Waals surface area contributed by atoms with Gasteiger partial charge in [0.05, 0.1) is 23.5 Å². The van der Waals surface area contributed by atoms with Gasteiger partial charge in [-0.25, -0.2) is 9.78 Å². The van der Waals surface area contributed by atoms with E-state index >= 15 is 0 Å². The third-order valence-corrected chi connectivity index (χ3v) is 3.16. The van der Waals surface area contributed by atoms with Crippen LogP contribution >= 0.6 is 11.3 Å². The summed E-state index contributed by atoms with van der Waals surface area (Å²) in [4.78, 5) is 15.3. The number of aromatic carboxylic acids is 1. The molecule has 0 unspecified atom stereocenters. The van der Waals surface area contributed by atoms with Crippen LogP contribution in [-0.4, -0.2) is 22.7 Å². The van der Waals surface area contributed by atoms with E-state index in [1.165, 1.54) is 5.51 Å². The third-order valence-electron chi connectivity index (χ3n) is 2.34. The number of nitrogens with zero attached hydrogens (tertiary/aromatic N) is 1. The van der Waals surface area contributed by atoms with Gasteiger partial charge in [0, 0.05) is 5.56 Å². The van der Waals surface area contributed by atoms with Crippen LogP contribution in [0, 0.1) is 0 Å². The number of anilines is 1. The van der Waals surface area contributed by atoms with Crippen LogP contribution in [0.25, 0.3) is 11.3 Å². The van der Waals surface area contributed by atoms with Gasteiger partial charge in [0.25, 0.3) is 0 Å². The smallest absolute Gasteiger partial charge is 0.348 e. The van der Waals surface area contributed by atoms with Crippen molar-refractivity contribution in [3.05, 3.63) is 28.6 Å². The molecule has 0 bridgehead atoms. The molecular formula is C12H12N2O3S. The van der Waals surface area contributed by atoms with Gasteiger partial charge in [0.15, 0.2) is 0 Å². The van der Waals surface area contributed by atoms with Crippen molar-refractivity contribution in [1.82, 2.24) is 4.98 Å². The summed E-state index contributed by atoms with van der Waals surface area (Å²) in [5.74, 6) is -0.395. The molecule has 1 heterocycles. The fraction of sp³-hybridized carbons (Fsp3) is 0.167. The minimum atomic E-state index is -0.986. The van der Waals surface area contributed by atoms with Gasteiger partial charge < -0.3 is 15.6 Å². The van der Waals surface area contributed by atoms with Crippen molar-refractivity contribution in [1.29, 1.82) is 0 Å². The van der Waals surface area contributed by atoms with E-state index in [-0.39, 0.29) is 4.88 Å². The quantitative estimate of drug-likeness (QED) is 0.829. The number of rotatable bonds is 4. The van der Waals surface area contributed by atoms with E-state index in [1.807, 2.05) is 6.92 Å². The topological polar surface area (TPSA) is 85.4 Å². The van der Waals surface area contributed by atoms with Gasteiger partial charge in [0.2, 0.25) is 0 Å². The van der Waals surface area contributed by atoms with Crippen molar-refractivity contribution in [2.45, 2.75) is 6.92 Å². The molecule has 3 N–H and O–H groups in total. The Morgan fingerprint density at radius 1 is 1.56 bits per heavy atom. The summed E-state index contributed by atoms with van der Waals surface area (Å²) in [6, 6.07) is 5.15. The average molecular weight is 264 g/mol. The number of nitrogens with two attached hydrogens (primary N) is 1. The maximum Gasteiger partial charge on any atom is 0.348 e. The molecule has 0 spiro atoms. The van der Waals surface area contributed by atoms with E-state index in [1.54, 1.807) is 18.2 Å². The Labute approximate surface area is 108 Å². The van der Waals surface area contributed by atoms with Crippen molar-refractivity contribution in [3.63, 3.8) is 0 Å². The highest BCUT2D eigenvalue weighted by atomic mass is 32.1. The number of nitrogen functional groups attached to an aromatic ring is 1. The Balaban J connectivity index is 2.42. The number of carboxylic acid groups (broad SMARTS) is 1. The highest BCUT2D eigenvalue weighted by Gasteiger charge is 2.15. The van der Waals surface area contributed by atoms with Crippen LogP contribution in [0.1, 0.15) is 16.6 Å². The molecule has 2 rings (SSSR count). The molecule has 0 aliphatic rings. The lowest BCUT2D eigenvalue weighted by atomic mass is 10.1. The summed E-state index contributed by atoms with van der Waals surface area (Å²) in [5, 5.41) is 9.04. The molecule has 0 amide bonds. The lowest BCUT2D eigenvalue weighted by molar-refractivity contribution is 0.0702. The molecular weight excluding hydrogens is 252 g/mol. The normalized spacial score (nSPS) is 10.3. The zero-order chi connectivity index (χ0) is 13.1. The Hall–Kier alpha value is -2.08. The number of carboxylic acids is 1. The number of aromatic nitrogens is 1. The van der Waals surface area contributed by atoms with E-state index in [2.05, 4.69) is 4.98 Å². The van der Waals surface area contributed by atoms with Crippen molar-refractivity contribution in [2.24, 2.45) is 0 Å². The van der Waals surface area contributed by atoms with Crippen molar-refractivity contribution < 1.29 is 14.6 Å². The zero-order valence-electron chi connectivity index (χ0n) is 9.71. The Morgan fingerprint density at radius 3 is 2.94 bits per heavy atom. The van der Waals surface area contributed by atoms with Crippen LogP contribution in [0.4, 0.5) is 5.69 Å². The first-order valence-electron chi connectivity index (χ1n) is 5.33. The third kappa shape index (κ3) is 2.28. The van der Waals surface area contributed by atoms with E-state index in [0.29, 0.717) is 29.3 Å². The minimum Gasteiger partial charge on any atom is -0.492 e. The summed E-state index contributed by atoms with van der Waals surface area (Å²) in [6.45, 7) is 2.40. The predicted octanol–water partition coefficient (Wildman–Crippen LogP) is 2.49. The number of ether oxygens (including phenoxy) is 1. The highest BCUT2D eigenvalue weighted by Crippen LogP contribution is 2.31. The minimum absolute atomic E-state index is 0.207. The second-order valence-electron chi connectivity index (χ2n) is 3.52. The lowest BCUT2D eigenvalue weighted by Gasteiger charge is -2.08. The summed E-state index contributed by atoms with van der Waals surface area (Å²) < 4.78 is 5.33. The predicted molar refractivity (Wildman–Crippen MR) is 70.1 cm³/mol. The summed E-state index contributed by atoms with van der Waals surface area (Å²) in [5.41, 5.74) is 8.93. The molecule has 5 nitrogen and oxygen atoms in total.